The molecule has 0 N–H and O–H groups in total. The van der Waals surface area contributed by atoms with Crippen LogP contribution in [0.1, 0.15) is 30.4 Å². The minimum Gasteiger partial charge on any atom is -0.334 e. The van der Waals surface area contributed by atoms with E-state index in [1.165, 1.54) is 30.9 Å². The van der Waals surface area contributed by atoms with Crippen LogP contribution in [0, 0.1) is 5.92 Å². The Morgan fingerprint density at radius 1 is 1.35 bits per heavy atom. The summed E-state index contributed by atoms with van der Waals surface area (Å²) in [5.41, 5.74) is 2.49. The first-order valence-electron chi connectivity index (χ1n) is 8.40. The highest BCUT2D eigenvalue weighted by Crippen LogP contribution is 2.35. The SMILES string of the molecule is C=CC(=O)N(CCP(C)(C)=O)Cc1cccc(CC2CCC2)c1. The Hall–Kier alpha value is -1.34. The van der Waals surface area contributed by atoms with Gasteiger partial charge >= 0.3 is 0 Å². The highest BCUT2D eigenvalue weighted by atomic mass is 31.2. The number of rotatable bonds is 8. The molecule has 1 aromatic carbocycles. The van der Waals surface area contributed by atoms with E-state index >= 15 is 0 Å². The van der Waals surface area contributed by atoms with E-state index in [2.05, 4.69) is 30.8 Å². The Morgan fingerprint density at radius 2 is 2.04 bits per heavy atom. The molecule has 2 rings (SSSR count). The van der Waals surface area contributed by atoms with Crippen LogP contribution in [0.15, 0.2) is 36.9 Å². The van der Waals surface area contributed by atoms with Crippen LogP contribution < -0.4 is 0 Å². The van der Waals surface area contributed by atoms with Gasteiger partial charge in [-0.1, -0.05) is 50.1 Å². The summed E-state index contributed by atoms with van der Waals surface area (Å²) in [7, 11) is -2.13. The lowest BCUT2D eigenvalue weighted by Crippen LogP contribution is -2.31. The van der Waals surface area contributed by atoms with Crippen molar-refractivity contribution in [3.8, 4) is 0 Å². The molecule has 0 aliphatic heterocycles. The van der Waals surface area contributed by atoms with E-state index < -0.39 is 7.14 Å². The van der Waals surface area contributed by atoms with E-state index in [9.17, 15) is 9.36 Å². The first-order chi connectivity index (χ1) is 10.9. The Balaban J connectivity index is 2.02. The molecular weight excluding hydrogens is 305 g/mol. The van der Waals surface area contributed by atoms with E-state index in [0.29, 0.717) is 19.3 Å². The number of nitrogens with zero attached hydrogens (tertiary/aromatic N) is 1. The van der Waals surface area contributed by atoms with Gasteiger partial charge < -0.3 is 9.46 Å². The zero-order valence-corrected chi connectivity index (χ0v) is 15.2. The Labute approximate surface area is 140 Å². The van der Waals surface area contributed by atoms with Crippen LogP contribution in [-0.2, 0) is 22.3 Å². The van der Waals surface area contributed by atoms with Gasteiger partial charge in [-0.05, 0) is 42.9 Å². The molecule has 0 saturated heterocycles. The van der Waals surface area contributed by atoms with Crippen LogP contribution in [0.4, 0.5) is 0 Å². The number of benzene rings is 1. The third-order valence-electron chi connectivity index (χ3n) is 4.51. The highest BCUT2D eigenvalue weighted by molar-refractivity contribution is 7.62. The molecule has 1 aliphatic carbocycles. The molecular formula is C19H28NO2P. The van der Waals surface area contributed by atoms with Crippen LogP contribution in [0.2, 0.25) is 0 Å². The molecule has 0 heterocycles. The molecule has 23 heavy (non-hydrogen) atoms. The van der Waals surface area contributed by atoms with Crippen molar-refractivity contribution in [1.82, 2.24) is 4.90 Å². The Kier molecular flexibility index (Phi) is 6.24. The van der Waals surface area contributed by atoms with Gasteiger partial charge in [-0.25, -0.2) is 0 Å². The molecule has 0 spiro atoms. The maximum atomic E-state index is 12.1. The monoisotopic (exact) mass is 333 g/mol. The number of hydrogen-bond donors (Lipinski definition) is 0. The summed E-state index contributed by atoms with van der Waals surface area (Å²) in [4.78, 5) is 13.8. The van der Waals surface area contributed by atoms with E-state index in [1.807, 2.05) is 0 Å². The van der Waals surface area contributed by atoms with Crippen molar-refractivity contribution in [3.05, 3.63) is 48.0 Å². The van der Waals surface area contributed by atoms with E-state index in [-0.39, 0.29) is 5.91 Å². The summed E-state index contributed by atoms with van der Waals surface area (Å²) in [6, 6.07) is 8.52. The van der Waals surface area contributed by atoms with E-state index in [4.69, 9.17) is 0 Å². The summed E-state index contributed by atoms with van der Waals surface area (Å²) in [5, 5.41) is 0. The van der Waals surface area contributed by atoms with E-state index in [0.717, 1.165) is 17.9 Å². The molecule has 1 aromatic rings. The molecule has 1 amide bonds. The van der Waals surface area contributed by atoms with Gasteiger partial charge in [-0.2, -0.15) is 0 Å². The van der Waals surface area contributed by atoms with Gasteiger partial charge in [0.25, 0.3) is 0 Å². The Morgan fingerprint density at radius 3 is 2.61 bits per heavy atom. The van der Waals surface area contributed by atoms with Crippen LogP contribution in [0.5, 0.6) is 0 Å². The smallest absolute Gasteiger partial charge is 0.246 e. The predicted octanol–water partition coefficient (Wildman–Crippen LogP) is 4.17. The summed E-state index contributed by atoms with van der Waals surface area (Å²) in [6.45, 7) is 8.19. The molecule has 1 fully saturated rings. The van der Waals surface area contributed by atoms with Gasteiger partial charge in [0.2, 0.25) is 5.91 Å². The van der Waals surface area contributed by atoms with Crippen molar-refractivity contribution < 1.29 is 9.36 Å². The van der Waals surface area contributed by atoms with Crippen molar-refractivity contribution in [3.63, 3.8) is 0 Å². The summed E-state index contributed by atoms with van der Waals surface area (Å²) in [6.07, 6.45) is 7.08. The number of amides is 1. The largest absolute Gasteiger partial charge is 0.334 e. The van der Waals surface area contributed by atoms with Gasteiger partial charge in [-0.3, -0.25) is 4.79 Å². The quantitative estimate of drug-likeness (QED) is 0.529. The van der Waals surface area contributed by atoms with E-state index in [1.54, 1.807) is 18.2 Å². The molecule has 0 radical (unpaired) electrons. The van der Waals surface area contributed by atoms with Crippen LogP contribution in [-0.4, -0.2) is 36.8 Å². The standard InChI is InChI=1S/C19H28NO2P/c1-4-19(21)20(11-12-23(2,3)22)15-18-10-6-9-17(14-18)13-16-7-5-8-16/h4,6,9-10,14,16H,1,5,7-8,11-13,15H2,2-3H3. The normalized spacial score (nSPS) is 15.0. The number of carbonyl (C=O) groups excluding carboxylic acids is 1. The topological polar surface area (TPSA) is 37.4 Å². The fraction of sp³-hybridized carbons (Fsp3) is 0.526. The third kappa shape index (κ3) is 5.99. The molecule has 0 atom stereocenters. The lowest BCUT2D eigenvalue weighted by Gasteiger charge is -2.26. The average molecular weight is 333 g/mol. The Bertz CT molecular complexity index is 601. The third-order valence-corrected chi connectivity index (χ3v) is 5.79. The zero-order valence-electron chi connectivity index (χ0n) is 14.3. The molecule has 0 aromatic heterocycles. The maximum absolute atomic E-state index is 12.1. The minimum absolute atomic E-state index is 0.0946. The maximum Gasteiger partial charge on any atom is 0.246 e. The molecule has 1 saturated carbocycles. The number of carbonyl (C=O) groups is 1. The molecule has 3 nitrogen and oxygen atoms in total. The van der Waals surface area contributed by atoms with Crippen molar-refractivity contribution in [2.24, 2.45) is 5.92 Å². The van der Waals surface area contributed by atoms with Crippen LogP contribution in [0.25, 0.3) is 0 Å². The van der Waals surface area contributed by atoms with Gasteiger partial charge in [0, 0.05) is 19.3 Å². The fourth-order valence-electron chi connectivity index (χ4n) is 2.86. The van der Waals surface area contributed by atoms with Crippen molar-refractivity contribution in [2.75, 3.05) is 26.0 Å². The van der Waals surface area contributed by atoms with Crippen molar-refractivity contribution in [2.45, 2.75) is 32.2 Å². The van der Waals surface area contributed by atoms with Crippen molar-refractivity contribution >= 4 is 13.0 Å². The molecule has 0 unspecified atom stereocenters. The zero-order chi connectivity index (χ0) is 16.9. The second-order valence-corrected chi connectivity index (χ2v) is 10.7. The fourth-order valence-corrected chi connectivity index (χ4v) is 3.59. The summed E-state index contributed by atoms with van der Waals surface area (Å²) >= 11 is 0. The van der Waals surface area contributed by atoms with Crippen LogP contribution >= 0.6 is 7.14 Å². The predicted molar refractivity (Wildman–Crippen MR) is 97.4 cm³/mol. The second-order valence-electron chi connectivity index (χ2n) is 7.08. The van der Waals surface area contributed by atoms with Crippen LogP contribution in [0.3, 0.4) is 0 Å². The summed E-state index contributed by atoms with van der Waals surface area (Å²) < 4.78 is 11.9. The first kappa shape index (κ1) is 18.0. The van der Waals surface area contributed by atoms with Gasteiger partial charge in [0.15, 0.2) is 0 Å². The summed E-state index contributed by atoms with van der Waals surface area (Å²) in [5.74, 6) is 0.741. The average Bonchev–Trinajstić information content (AvgIpc) is 2.46. The first-order valence-corrected chi connectivity index (χ1v) is 11.2. The minimum atomic E-state index is -2.13. The van der Waals surface area contributed by atoms with Gasteiger partial charge in [-0.15, -0.1) is 0 Å². The lowest BCUT2D eigenvalue weighted by atomic mass is 9.81. The lowest BCUT2D eigenvalue weighted by molar-refractivity contribution is -0.126. The number of hydrogen-bond acceptors (Lipinski definition) is 2. The van der Waals surface area contributed by atoms with Gasteiger partial charge in [0.05, 0.1) is 7.14 Å². The molecule has 4 heteroatoms. The second kappa shape index (κ2) is 7.97. The molecule has 126 valence electrons. The van der Waals surface area contributed by atoms with Gasteiger partial charge in [0.1, 0.15) is 0 Å². The van der Waals surface area contributed by atoms with Crippen molar-refractivity contribution in [1.29, 1.82) is 0 Å². The molecule has 0 bridgehead atoms. The highest BCUT2D eigenvalue weighted by Gasteiger charge is 2.18. The molecule has 1 aliphatic rings.